The number of benzene rings is 7. The van der Waals surface area contributed by atoms with Crippen LogP contribution in [0.4, 0.5) is 0 Å². The van der Waals surface area contributed by atoms with Crippen molar-refractivity contribution in [2.45, 2.75) is 6.56 Å². The van der Waals surface area contributed by atoms with E-state index in [0.29, 0.717) is 28.8 Å². The molecule has 2 heterocycles. The van der Waals surface area contributed by atoms with Gasteiger partial charge in [-0.05, 0) is 50.6 Å². The van der Waals surface area contributed by atoms with Gasteiger partial charge in [0.05, 0.1) is 2.74 Å². The lowest BCUT2D eigenvalue weighted by Crippen LogP contribution is -2.06. The molecule has 0 amide bonds. The first-order valence-corrected chi connectivity index (χ1v) is 16.6. The van der Waals surface area contributed by atoms with E-state index in [0.717, 1.165) is 61.2 Å². The fourth-order valence-electron chi connectivity index (χ4n) is 6.49. The summed E-state index contributed by atoms with van der Waals surface area (Å²) in [5.74, 6) is 2.28. The predicted octanol–water partition coefficient (Wildman–Crippen LogP) is 11.4. The molecule has 4 heteroatoms. The molecular formula is C46H31N3O. The van der Waals surface area contributed by atoms with Gasteiger partial charge < -0.3 is 4.74 Å². The standard InChI is InChI=1S/C46H31N3O/c1-3-10-31(11-4-1)33-18-24-36(25-19-33)44-47-45(37-26-20-34(21-27-37)32-12-5-2-6-13-32)49-46(48-44)38-28-22-35(23-29-38)40-16-9-14-39-30-50-42-17-8-7-15-41(42)43(39)40/h1-29H,30H2/i30D2. The molecule has 1 aliphatic heterocycles. The van der Waals surface area contributed by atoms with Crippen LogP contribution in [0.15, 0.2) is 176 Å². The van der Waals surface area contributed by atoms with Crippen molar-refractivity contribution in [3.05, 3.63) is 181 Å². The van der Waals surface area contributed by atoms with Crippen LogP contribution in [0.5, 0.6) is 5.75 Å². The number of ether oxygens (including phenoxy) is 1. The molecule has 0 aliphatic carbocycles. The maximum absolute atomic E-state index is 8.66. The monoisotopic (exact) mass is 643 g/mol. The largest absolute Gasteiger partial charge is 0.488 e. The normalized spacial score (nSPS) is 13.3. The third-order valence-corrected chi connectivity index (χ3v) is 9.08. The van der Waals surface area contributed by atoms with E-state index in [2.05, 4.69) is 72.8 Å². The lowest BCUT2D eigenvalue weighted by Gasteiger charge is -2.23. The van der Waals surface area contributed by atoms with E-state index in [9.17, 15) is 0 Å². The van der Waals surface area contributed by atoms with Gasteiger partial charge in [0.1, 0.15) is 12.3 Å². The molecule has 1 aliphatic rings. The number of hydrogen-bond acceptors (Lipinski definition) is 4. The van der Waals surface area contributed by atoms with Crippen LogP contribution in [0.3, 0.4) is 0 Å². The van der Waals surface area contributed by atoms with Gasteiger partial charge in [-0.3, -0.25) is 0 Å². The summed E-state index contributed by atoms with van der Waals surface area (Å²) in [4.78, 5) is 15.0. The van der Waals surface area contributed by atoms with Gasteiger partial charge in [-0.15, -0.1) is 0 Å². The van der Waals surface area contributed by atoms with Crippen LogP contribution >= 0.6 is 0 Å². The Morgan fingerprint density at radius 1 is 0.360 bits per heavy atom. The van der Waals surface area contributed by atoms with E-state index in [4.69, 9.17) is 22.4 Å². The van der Waals surface area contributed by atoms with Gasteiger partial charge in [0.15, 0.2) is 17.5 Å². The van der Waals surface area contributed by atoms with Crippen molar-refractivity contribution < 1.29 is 7.48 Å². The molecule has 0 saturated carbocycles. The highest BCUT2D eigenvalue weighted by molar-refractivity contribution is 5.89. The summed E-state index contributed by atoms with van der Waals surface area (Å²) in [7, 11) is 0. The van der Waals surface area contributed by atoms with E-state index < -0.39 is 6.56 Å². The SMILES string of the molecule is [2H]C1([2H])Oc2ccccc2-c2c(-c3ccc(-c4nc(-c5ccc(-c6ccccc6)cc5)nc(-c5ccc(-c6ccccc6)cc5)n4)cc3)cccc21. The lowest BCUT2D eigenvalue weighted by atomic mass is 9.89. The second kappa shape index (κ2) is 12.8. The Morgan fingerprint density at radius 2 is 0.760 bits per heavy atom. The zero-order valence-electron chi connectivity index (χ0n) is 29.0. The van der Waals surface area contributed by atoms with Crippen LogP contribution in [0.25, 0.3) is 78.7 Å². The van der Waals surface area contributed by atoms with Crippen molar-refractivity contribution in [3.8, 4) is 84.4 Å². The quantitative estimate of drug-likeness (QED) is 0.181. The van der Waals surface area contributed by atoms with Crippen molar-refractivity contribution in [2.24, 2.45) is 0 Å². The van der Waals surface area contributed by atoms with Gasteiger partial charge in [-0.25, -0.2) is 15.0 Å². The molecule has 0 atom stereocenters. The number of hydrogen-bond donors (Lipinski definition) is 0. The first-order valence-electron chi connectivity index (χ1n) is 17.6. The van der Waals surface area contributed by atoms with Crippen LogP contribution in [0, 0.1) is 0 Å². The maximum atomic E-state index is 8.66. The van der Waals surface area contributed by atoms with Gasteiger partial charge in [0.2, 0.25) is 0 Å². The fourth-order valence-corrected chi connectivity index (χ4v) is 6.49. The van der Waals surface area contributed by atoms with E-state index in [1.165, 1.54) is 0 Å². The highest BCUT2D eigenvalue weighted by Crippen LogP contribution is 2.43. The Bertz CT molecular complexity index is 2440. The average Bonchev–Trinajstić information content (AvgIpc) is 3.21. The summed E-state index contributed by atoms with van der Waals surface area (Å²) in [5.41, 5.74) is 11.3. The van der Waals surface area contributed by atoms with Gasteiger partial charge in [0, 0.05) is 22.3 Å². The third-order valence-electron chi connectivity index (χ3n) is 9.08. The van der Waals surface area contributed by atoms with Crippen LogP contribution < -0.4 is 4.74 Å². The maximum Gasteiger partial charge on any atom is 0.164 e. The highest BCUT2D eigenvalue weighted by Gasteiger charge is 2.21. The van der Waals surface area contributed by atoms with E-state index in [1.807, 2.05) is 97.1 Å². The van der Waals surface area contributed by atoms with Crippen molar-refractivity contribution in [1.29, 1.82) is 0 Å². The summed E-state index contributed by atoms with van der Waals surface area (Å²) < 4.78 is 23.1. The topological polar surface area (TPSA) is 47.9 Å². The smallest absolute Gasteiger partial charge is 0.164 e. The van der Waals surface area contributed by atoms with Gasteiger partial charge >= 0.3 is 0 Å². The van der Waals surface area contributed by atoms with Crippen molar-refractivity contribution in [1.82, 2.24) is 15.0 Å². The molecule has 0 saturated heterocycles. The Kier molecular flexibility index (Phi) is 6.97. The minimum atomic E-state index is -1.95. The molecule has 0 fully saturated rings. The van der Waals surface area contributed by atoms with Crippen molar-refractivity contribution in [2.75, 3.05) is 0 Å². The van der Waals surface area contributed by atoms with Gasteiger partial charge in [0.25, 0.3) is 0 Å². The number of para-hydroxylation sites is 1. The fraction of sp³-hybridized carbons (Fsp3) is 0.0217. The molecule has 1 aromatic heterocycles. The number of nitrogens with zero attached hydrogens (tertiary/aromatic N) is 3. The van der Waals surface area contributed by atoms with E-state index in [1.54, 1.807) is 6.07 Å². The minimum Gasteiger partial charge on any atom is -0.488 e. The molecule has 0 radical (unpaired) electrons. The average molecular weight is 644 g/mol. The zero-order chi connectivity index (χ0) is 35.1. The molecule has 9 rings (SSSR count). The van der Waals surface area contributed by atoms with Crippen molar-refractivity contribution >= 4 is 0 Å². The molecule has 0 bridgehead atoms. The van der Waals surface area contributed by atoms with Crippen LogP contribution in [0.2, 0.25) is 0 Å². The highest BCUT2D eigenvalue weighted by atomic mass is 16.5. The van der Waals surface area contributed by atoms with E-state index in [-0.39, 0.29) is 0 Å². The van der Waals surface area contributed by atoms with Crippen LogP contribution in [-0.4, -0.2) is 15.0 Å². The first kappa shape index (κ1) is 27.3. The number of fused-ring (bicyclic) bond motifs is 3. The molecule has 8 aromatic rings. The Labute approximate surface area is 294 Å². The molecule has 7 aromatic carbocycles. The minimum absolute atomic E-state index is 0.510. The van der Waals surface area contributed by atoms with Gasteiger partial charge in [-0.1, -0.05) is 170 Å². The summed E-state index contributed by atoms with van der Waals surface area (Å²) in [5, 5.41) is 0. The second-order valence-corrected chi connectivity index (χ2v) is 12.2. The molecule has 0 N–H and O–H groups in total. The summed E-state index contributed by atoms with van der Waals surface area (Å²) in [6.07, 6.45) is 0. The zero-order valence-corrected chi connectivity index (χ0v) is 27.0. The van der Waals surface area contributed by atoms with Crippen LogP contribution in [0.1, 0.15) is 8.30 Å². The molecule has 236 valence electrons. The summed E-state index contributed by atoms with van der Waals surface area (Å²) >= 11 is 0. The first-order chi connectivity index (χ1) is 25.5. The molecule has 0 unspecified atom stereocenters. The van der Waals surface area contributed by atoms with Crippen molar-refractivity contribution in [3.63, 3.8) is 0 Å². The van der Waals surface area contributed by atoms with Gasteiger partial charge in [-0.2, -0.15) is 0 Å². The Balaban J connectivity index is 1.12. The Hall–Kier alpha value is -6.65. The lowest BCUT2D eigenvalue weighted by molar-refractivity contribution is 0.302. The van der Waals surface area contributed by atoms with E-state index >= 15 is 0 Å². The Morgan fingerprint density at radius 3 is 1.28 bits per heavy atom. The molecule has 0 spiro atoms. The molecule has 4 nitrogen and oxygen atoms in total. The predicted molar refractivity (Wildman–Crippen MR) is 202 cm³/mol. The summed E-state index contributed by atoms with van der Waals surface area (Å²) in [6, 6.07) is 58.7. The molecular weight excluding hydrogens is 611 g/mol. The third kappa shape index (κ3) is 5.63. The number of aromatic nitrogens is 3. The van der Waals surface area contributed by atoms with Crippen LogP contribution in [-0.2, 0) is 6.56 Å². The number of rotatable bonds is 6. The second-order valence-electron chi connectivity index (χ2n) is 12.2. The summed E-state index contributed by atoms with van der Waals surface area (Å²) in [6.45, 7) is -1.95. The molecule has 50 heavy (non-hydrogen) atoms.